The van der Waals surface area contributed by atoms with Crippen molar-refractivity contribution in [3.8, 4) is 11.5 Å². The van der Waals surface area contributed by atoms with Crippen LogP contribution in [0.4, 0.5) is 0 Å². The minimum absolute atomic E-state index is 0.235. The molecule has 0 bridgehead atoms. The predicted octanol–water partition coefficient (Wildman–Crippen LogP) is -3.17. The Bertz CT molecular complexity index is 965. The first-order chi connectivity index (χ1) is 16.9. The molecule has 1 aliphatic carbocycles. The Morgan fingerprint density at radius 1 is 1.06 bits per heavy atom. The standard InChI is InChI=1S/C22H28O14/c23-8-14-16(28)17(29)18(30)20(35-14)34-13-5-9(1-3-10(13)24)2-4-15(27)36-19-11(25)6-22(33,21(31)32)7-12(19)26/h1-5,11-12,14,16-20,23-26,28-30,33H,6-8H2,(H,31,32)/b4-2+/t11-,12-,14-,16-,17+,18-,19?,20+,22?/m1/s1. The van der Waals surface area contributed by atoms with Crippen LogP contribution in [-0.4, -0.2) is 119 Å². The van der Waals surface area contributed by atoms with Crippen molar-refractivity contribution in [1.29, 1.82) is 0 Å². The maximum absolute atomic E-state index is 12.2. The number of carboxylic acids is 1. The van der Waals surface area contributed by atoms with Gasteiger partial charge < -0.3 is 60.2 Å². The van der Waals surface area contributed by atoms with Gasteiger partial charge in [-0.15, -0.1) is 0 Å². The summed E-state index contributed by atoms with van der Waals surface area (Å²) in [5.74, 6) is -3.27. The van der Waals surface area contributed by atoms with Crippen molar-refractivity contribution in [3.05, 3.63) is 29.8 Å². The summed E-state index contributed by atoms with van der Waals surface area (Å²) in [6, 6.07) is 3.79. The molecule has 200 valence electrons. The molecule has 1 saturated heterocycles. The van der Waals surface area contributed by atoms with Gasteiger partial charge in [0.2, 0.25) is 6.29 Å². The van der Waals surface area contributed by atoms with Crippen molar-refractivity contribution in [3.63, 3.8) is 0 Å². The molecule has 1 aromatic rings. The number of aliphatic hydroxyl groups is 7. The first-order valence-corrected chi connectivity index (χ1v) is 10.9. The van der Waals surface area contributed by atoms with Gasteiger partial charge in [0.25, 0.3) is 0 Å². The zero-order chi connectivity index (χ0) is 26.8. The smallest absolute Gasteiger partial charge is 0.335 e. The molecule has 0 spiro atoms. The average Bonchev–Trinajstić information content (AvgIpc) is 2.82. The van der Waals surface area contributed by atoms with E-state index in [1.807, 2.05) is 0 Å². The van der Waals surface area contributed by atoms with E-state index in [0.29, 0.717) is 0 Å². The molecule has 9 N–H and O–H groups in total. The number of esters is 1. The lowest BCUT2D eigenvalue weighted by Crippen LogP contribution is -2.60. The fourth-order valence-corrected chi connectivity index (χ4v) is 3.95. The highest BCUT2D eigenvalue weighted by Crippen LogP contribution is 2.33. The number of benzene rings is 1. The fourth-order valence-electron chi connectivity index (χ4n) is 3.95. The quantitative estimate of drug-likeness (QED) is 0.128. The van der Waals surface area contributed by atoms with Gasteiger partial charge in [0.15, 0.2) is 23.2 Å². The zero-order valence-corrected chi connectivity index (χ0v) is 18.7. The highest BCUT2D eigenvalue weighted by atomic mass is 16.7. The minimum atomic E-state index is -2.36. The molecule has 2 fully saturated rings. The number of aromatic hydroxyl groups is 1. The van der Waals surface area contributed by atoms with Gasteiger partial charge >= 0.3 is 11.9 Å². The van der Waals surface area contributed by atoms with Crippen molar-refractivity contribution in [1.82, 2.24) is 0 Å². The largest absolute Gasteiger partial charge is 0.504 e. The third-order valence-corrected chi connectivity index (χ3v) is 5.99. The van der Waals surface area contributed by atoms with Crippen molar-refractivity contribution in [2.24, 2.45) is 0 Å². The van der Waals surface area contributed by atoms with E-state index in [9.17, 15) is 50.4 Å². The van der Waals surface area contributed by atoms with Crippen LogP contribution in [0.25, 0.3) is 6.08 Å². The minimum Gasteiger partial charge on any atom is -0.504 e. The second kappa shape index (κ2) is 11.1. The zero-order valence-electron chi connectivity index (χ0n) is 18.7. The number of phenolic OH excluding ortho intramolecular Hbond substituents is 1. The topological polar surface area (TPSA) is 244 Å². The normalized spacial score (nSPS) is 37.0. The number of carbonyl (C=O) groups excluding carboxylic acids is 1. The number of rotatable bonds is 7. The molecule has 1 aromatic carbocycles. The van der Waals surface area contributed by atoms with Crippen LogP contribution < -0.4 is 4.74 Å². The van der Waals surface area contributed by atoms with E-state index in [1.54, 1.807) is 0 Å². The number of phenols is 1. The molecule has 7 atom stereocenters. The number of hydrogen-bond acceptors (Lipinski definition) is 13. The first kappa shape index (κ1) is 27.8. The first-order valence-electron chi connectivity index (χ1n) is 10.9. The van der Waals surface area contributed by atoms with Crippen LogP contribution in [-0.2, 0) is 19.1 Å². The highest BCUT2D eigenvalue weighted by Gasteiger charge is 2.50. The third kappa shape index (κ3) is 5.93. The number of carboxylic acid groups (broad SMARTS) is 1. The summed E-state index contributed by atoms with van der Waals surface area (Å²) >= 11 is 0. The number of hydrogen-bond donors (Lipinski definition) is 9. The molecule has 36 heavy (non-hydrogen) atoms. The van der Waals surface area contributed by atoms with Crippen molar-refractivity contribution in [2.75, 3.05) is 6.61 Å². The number of carbonyl (C=O) groups is 2. The Balaban J connectivity index is 1.66. The molecule has 0 radical (unpaired) electrons. The SMILES string of the molecule is O=C(/C=C/c1ccc(O)c(O[C@H]2O[C@H](CO)[C@@H](O)[C@H](O)[C@H]2O)c1)OC1[C@H](O)CC(O)(C(=O)O)C[C@H]1O. The molecule has 14 heteroatoms. The second-order valence-corrected chi connectivity index (χ2v) is 8.66. The van der Waals surface area contributed by atoms with Gasteiger partial charge in [0.1, 0.15) is 24.4 Å². The van der Waals surface area contributed by atoms with E-state index in [1.165, 1.54) is 24.3 Å². The van der Waals surface area contributed by atoms with Crippen molar-refractivity contribution >= 4 is 18.0 Å². The molecule has 1 heterocycles. The fraction of sp³-hybridized carbons (Fsp3) is 0.545. The Morgan fingerprint density at radius 2 is 1.69 bits per heavy atom. The van der Waals surface area contributed by atoms with Gasteiger partial charge in [-0.3, -0.25) is 0 Å². The summed E-state index contributed by atoms with van der Waals surface area (Å²) in [6.45, 7) is -0.679. The lowest BCUT2D eigenvalue weighted by Gasteiger charge is -2.39. The van der Waals surface area contributed by atoms with Crippen LogP contribution in [0.15, 0.2) is 24.3 Å². The Kier molecular flexibility index (Phi) is 8.53. The lowest BCUT2D eigenvalue weighted by molar-refractivity contribution is -0.277. The second-order valence-electron chi connectivity index (χ2n) is 8.66. The number of ether oxygens (including phenoxy) is 3. The molecule has 1 saturated carbocycles. The van der Waals surface area contributed by atoms with Crippen LogP contribution in [0.1, 0.15) is 18.4 Å². The molecule has 14 nitrogen and oxygen atoms in total. The summed E-state index contributed by atoms with van der Waals surface area (Å²) in [7, 11) is 0. The van der Waals surface area contributed by atoms with Gasteiger partial charge in [-0.05, 0) is 23.8 Å². The Morgan fingerprint density at radius 3 is 2.28 bits per heavy atom. The van der Waals surface area contributed by atoms with E-state index in [-0.39, 0.29) is 11.3 Å². The maximum atomic E-state index is 12.2. The molecular formula is C22H28O14. The van der Waals surface area contributed by atoms with Crippen molar-refractivity contribution < 1.29 is 69.8 Å². The van der Waals surface area contributed by atoms with Gasteiger partial charge in [-0.2, -0.15) is 0 Å². The van der Waals surface area contributed by atoms with Gasteiger partial charge in [-0.1, -0.05) is 6.07 Å². The summed E-state index contributed by atoms with van der Waals surface area (Å²) in [4.78, 5) is 23.3. The van der Waals surface area contributed by atoms with Crippen LogP contribution in [0.3, 0.4) is 0 Å². The molecule has 2 aliphatic rings. The predicted molar refractivity (Wildman–Crippen MR) is 115 cm³/mol. The van der Waals surface area contributed by atoms with E-state index in [0.717, 1.165) is 6.08 Å². The monoisotopic (exact) mass is 516 g/mol. The van der Waals surface area contributed by atoms with Gasteiger partial charge in [0, 0.05) is 18.9 Å². The number of aliphatic carboxylic acids is 1. The van der Waals surface area contributed by atoms with E-state index in [4.69, 9.17) is 19.3 Å². The van der Waals surface area contributed by atoms with Crippen LogP contribution >= 0.6 is 0 Å². The van der Waals surface area contributed by atoms with Gasteiger partial charge in [0.05, 0.1) is 18.8 Å². The molecule has 3 rings (SSSR count). The van der Waals surface area contributed by atoms with E-state index >= 15 is 0 Å². The summed E-state index contributed by atoms with van der Waals surface area (Å²) in [5.41, 5.74) is -2.09. The molecule has 0 aromatic heterocycles. The van der Waals surface area contributed by atoms with Crippen molar-refractivity contribution in [2.45, 2.75) is 67.5 Å². The Hall–Kier alpha value is -2.82. The summed E-state index contributed by atoms with van der Waals surface area (Å²) < 4.78 is 15.6. The number of aliphatic hydroxyl groups excluding tert-OH is 6. The molecule has 0 amide bonds. The maximum Gasteiger partial charge on any atom is 0.335 e. The highest BCUT2D eigenvalue weighted by molar-refractivity contribution is 5.87. The van der Waals surface area contributed by atoms with Crippen LogP contribution in [0.2, 0.25) is 0 Å². The van der Waals surface area contributed by atoms with Crippen LogP contribution in [0.5, 0.6) is 11.5 Å². The van der Waals surface area contributed by atoms with E-state index < -0.39 is 91.8 Å². The molecular weight excluding hydrogens is 488 g/mol. The van der Waals surface area contributed by atoms with Gasteiger partial charge in [-0.25, -0.2) is 9.59 Å². The third-order valence-electron chi connectivity index (χ3n) is 5.99. The summed E-state index contributed by atoms with van der Waals surface area (Å²) in [6.07, 6.45) is -11.7. The summed E-state index contributed by atoms with van der Waals surface area (Å²) in [5, 5.41) is 88.3. The molecule has 0 unspecified atom stereocenters. The molecule has 1 aliphatic heterocycles. The average molecular weight is 516 g/mol. The Labute approximate surface area is 203 Å². The lowest BCUT2D eigenvalue weighted by atomic mass is 9.79. The van der Waals surface area contributed by atoms with Crippen LogP contribution in [0, 0.1) is 0 Å². The van der Waals surface area contributed by atoms with E-state index in [2.05, 4.69) is 0 Å².